The molecule has 0 heterocycles. The van der Waals surface area contributed by atoms with Crippen LogP contribution in [-0.2, 0) is 0 Å². The second-order valence-electron chi connectivity index (χ2n) is 2.69. The average Bonchev–Trinajstić information content (AvgIpc) is 2.46. The molecule has 0 saturated heterocycles. The second-order valence-corrected chi connectivity index (χ2v) is 2.69. The molecule has 0 N–H and O–H groups in total. The molecule has 0 bridgehead atoms. The summed E-state index contributed by atoms with van der Waals surface area (Å²) < 4.78 is 43.2. The minimum Gasteiger partial charge on any atom is -0.482 e. The van der Waals surface area contributed by atoms with Gasteiger partial charge in [-0.25, -0.2) is 8.78 Å². The number of rotatable bonds is 4. The Kier molecular flexibility index (Phi) is 11.0. The van der Waals surface area contributed by atoms with E-state index in [-0.39, 0.29) is 6.61 Å². The summed E-state index contributed by atoms with van der Waals surface area (Å²) in [4.78, 5) is 9.26. The standard InChI is InChI=1S/C9H6F3NO3.2C2H6/c1-2-3-16-6-4-5(10)7(11)8(12)9(6)13(14)15;2*1-2/h2,4H,1,3H2;2*1-2H3. The molecular formula is C13H18F3NO3. The van der Waals surface area contributed by atoms with E-state index in [1.54, 1.807) is 0 Å². The van der Waals surface area contributed by atoms with Crippen LogP contribution in [0.3, 0.4) is 0 Å². The Morgan fingerprint density at radius 3 is 2.15 bits per heavy atom. The Hall–Kier alpha value is -2.05. The van der Waals surface area contributed by atoms with Crippen molar-refractivity contribution in [2.75, 3.05) is 6.61 Å². The Morgan fingerprint density at radius 1 is 1.25 bits per heavy atom. The van der Waals surface area contributed by atoms with E-state index in [1.807, 2.05) is 27.7 Å². The normalized spacial score (nSPS) is 8.55. The predicted octanol–water partition coefficient (Wildman–Crippen LogP) is 4.63. The van der Waals surface area contributed by atoms with Crippen LogP contribution in [0, 0.1) is 27.6 Å². The topological polar surface area (TPSA) is 52.4 Å². The Balaban J connectivity index is 0. The van der Waals surface area contributed by atoms with Crippen LogP contribution >= 0.6 is 0 Å². The quantitative estimate of drug-likeness (QED) is 0.352. The van der Waals surface area contributed by atoms with Gasteiger partial charge < -0.3 is 4.74 Å². The van der Waals surface area contributed by atoms with Gasteiger partial charge in [0.05, 0.1) is 4.92 Å². The van der Waals surface area contributed by atoms with Gasteiger partial charge in [-0.15, -0.1) is 0 Å². The molecule has 1 rings (SSSR count). The molecule has 0 spiro atoms. The summed E-state index contributed by atoms with van der Waals surface area (Å²) in [7, 11) is 0. The first-order chi connectivity index (χ1) is 9.49. The van der Waals surface area contributed by atoms with Crippen molar-refractivity contribution in [3.63, 3.8) is 0 Å². The third kappa shape index (κ3) is 5.29. The maximum atomic E-state index is 13.0. The molecule has 0 unspecified atom stereocenters. The van der Waals surface area contributed by atoms with Gasteiger partial charge in [-0.3, -0.25) is 10.1 Å². The first-order valence-corrected chi connectivity index (χ1v) is 6.04. The van der Waals surface area contributed by atoms with Crippen LogP contribution in [0.15, 0.2) is 18.7 Å². The zero-order valence-corrected chi connectivity index (χ0v) is 11.9. The highest BCUT2D eigenvalue weighted by Crippen LogP contribution is 2.33. The van der Waals surface area contributed by atoms with Gasteiger partial charge in [0.25, 0.3) is 0 Å². The molecule has 7 heteroatoms. The van der Waals surface area contributed by atoms with Gasteiger partial charge in [-0.05, 0) is 0 Å². The van der Waals surface area contributed by atoms with Crippen molar-refractivity contribution in [3.05, 3.63) is 46.3 Å². The average molecular weight is 293 g/mol. The second kappa shape index (κ2) is 10.8. The summed E-state index contributed by atoms with van der Waals surface area (Å²) >= 11 is 0. The SMILES string of the molecule is C=CCOc1cc(F)c(F)c(F)c1[N+](=O)[O-].CC.CC. The van der Waals surface area contributed by atoms with Crippen molar-refractivity contribution in [1.82, 2.24) is 0 Å². The van der Waals surface area contributed by atoms with E-state index in [1.165, 1.54) is 6.08 Å². The third-order valence-corrected chi connectivity index (χ3v) is 1.64. The van der Waals surface area contributed by atoms with E-state index in [9.17, 15) is 23.3 Å². The zero-order chi connectivity index (χ0) is 16.3. The van der Waals surface area contributed by atoms with E-state index in [0.29, 0.717) is 6.07 Å². The fourth-order valence-corrected chi connectivity index (χ4v) is 0.993. The molecule has 4 nitrogen and oxygen atoms in total. The highest BCUT2D eigenvalue weighted by atomic mass is 19.2. The van der Waals surface area contributed by atoms with E-state index in [0.717, 1.165) is 0 Å². The number of nitrogens with zero attached hydrogens (tertiary/aromatic N) is 1. The fourth-order valence-electron chi connectivity index (χ4n) is 0.993. The molecule has 1 aromatic rings. The van der Waals surface area contributed by atoms with Crippen molar-refractivity contribution in [3.8, 4) is 5.75 Å². The molecule has 0 aliphatic rings. The lowest BCUT2D eigenvalue weighted by molar-refractivity contribution is -0.388. The van der Waals surface area contributed by atoms with Gasteiger partial charge in [-0.1, -0.05) is 40.3 Å². The minimum atomic E-state index is -1.90. The molecule has 0 radical (unpaired) electrons. The van der Waals surface area contributed by atoms with Crippen LogP contribution in [-0.4, -0.2) is 11.5 Å². The van der Waals surface area contributed by atoms with Crippen LogP contribution in [0.2, 0.25) is 0 Å². The first kappa shape index (κ1) is 20.3. The Labute approximate surface area is 116 Å². The maximum absolute atomic E-state index is 13.0. The van der Waals surface area contributed by atoms with Crippen LogP contribution in [0.25, 0.3) is 0 Å². The summed E-state index contributed by atoms with van der Waals surface area (Å²) in [5.74, 6) is -6.02. The fraction of sp³-hybridized carbons (Fsp3) is 0.385. The van der Waals surface area contributed by atoms with Gasteiger partial charge in [0.2, 0.25) is 17.4 Å². The predicted molar refractivity (Wildman–Crippen MR) is 71.4 cm³/mol. The lowest BCUT2D eigenvalue weighted by atomic mass is 10.2. The Morgan fingerprint density at radius 2 is 1.75 bits per heavy atom. The highest BCUT2D eigenvalue weighted by molar-refractivity contribution is 5.48. The molecule has 0 atom stereocenters. The number of hydrogen-bond acceptors (Lipinski definition) is 3. The highest BCUT2D eigenvalue weighted by Gasteiger charge is 2.28. The van der Waals surface area contributed by atoms with E-state index < -0.39 is 33.8 Å². The molecule has 114 valence electrons. The van der Waals surface area contributed by atoms with Crippen LogP contribution in [0.1, 0.15) is 27.7 Å². The number of ether oxygens (including phenoxy) is 1. The van der Waals surface area contributed by atoms with Crippen molar-refractivity contribution < 1.29 is 22.8 Å². The van der Waals surface area contributed by atoms with Gasteiger partial charge in [0.1, 0.15) is 6.61 Å². The van der Waals surface area contributed by atoms with Gasteiger partial charge in [-0.2, -0.15) is 4.39 Å². The smallest absolute Gasteiger partial charge is 0.349 e. The summed E-state index contributed by atoms with van der Waals surface area (Å²) in [5.41, 5.74) is -1.24. The van der Waals surface area contributed by atoms with Crippen molar-refractivity contribution in [2.45, 2.75) is 27.7 Å². The number of halogens is 3. The number of nitro benzene ring substituents is 1. The zero-order valence-electron chi connectivity index (χ0n) is 11.9. The molecular weight excluding hydrogens is 275 g/mol. The maximum Gasteiger partial charge on any atom is 0.349 e. The lowest BCUT2D eigenvalue weighted by Crippen LogP contribution is -2.04. The number of hydrogen-bond donors (Lipinski definition) is 0. The number of benzene rings is 1. The molecule has 0 aromatic heterocycles. The van der Waals surface area contributed by atoms with Crippen LogP contribution in [0.5, 0.6) is 5.75 Å². The molecule has 20 heavy (non-hydrogen) atoms. The molecule has 0 fully saturated rings. The number of nitro groups is 1. The molecule has 0 amide bonds. The molecule has 1 aromatic carbocycles. The largest absolute Gasteiger partial charge is 0.482 e. The van der Waals surface area contributed by atoms with Gasteiger partial charge in [0.15, 0.2) is 5.82 Å². The minimum absolute atomic E-state index is 0.189. The summed E-state index contributed by atoms with van der Waals surface area (Å²) in [6.07, 6.45) is 1.23. The van der Waals surface area contributed by atoms with Crippen molar-refractivity contribution in [1.29, 1.82) is 0 Å². The summed E-state index contributed by atoms with van der Waals surface area (Å²) in [6.45, 7) is 11.1. The van der Waals surface area contributed by atoms with Crippen LogP contribution in [0.4, 0.5) is 18.9 Å². The van der Waals surface area contributed by atoms with Gasteiger partial charge in [0, 0.05) is 6.07 Å². The van der Waals surface area contributed by atoms with E-state index in [2.05, 4.69) is 11.3 Å². The monoisotopic (exact) mass is 293 g/mol. The first-order valence-electron chi connectivity index (χ1n) is 6.04. The molecule has 0 aliphatic heterocycles. The third-order valence-electron chi connectivity index (χ3n) is 1.64. The van der Waals surface area contributed by atoms with Crippen molar-refractivity contribution in [2.24, 2.45) is 0 Å². The van der Waals surface area contributed by atoms with Crippen molar-refractivity contribution >= 4 is 5.69 Å². The summed E-state index contributed by atoms with van der Waals surface area (Å²) in [5, 5.41) is 10.4. The van der Waals surface area contributed by atoms with Crippen LogP contribution < -0.4 is 4.74 Å². The molecule has 0 saturated carbocycles. The van der Waals surface area contributed by atoms with Gasteiger partial charge >= 0.3 is 5.69 Å². The Bertz CT molecular complexity index is 451. The lowest BCUT2D eigenvalue weighted by Gasteiger charge is -2.05. The molecule has 0 aliphatic carbocycles. The summed E-state index contributed by atoms with van der Waals surface area (Å²) in [6, 6.07) is 0.417. The van der Waals surface area contributed by atoms with E-state index >= 15 is 0 Å². The van der Waals surface area contributed by atoms with E-state index in [4.69, 9.17) is 0 Å².